The maximum Gasteiger partial charge on any atom is 0.410 e. The van der Waals surface area contributed by atoms with Crippen molar-refractivity contribution in [3.63, 3.8) is 0 Å². The zero-order chi connectivity index (χ0) is 21.3. The number of nitrogens with zero attached hydrogens (tertiary/aromatic N) is 3. The number of amides is 1. The Bertz CT molecular complexity index is 1040. The van der Waals surface area contributed by atoms with Gasteiger partial charge in [0.05, 0.1) is 6.04 Å². The van der Waals surface area contributed by atoms with Crippen molar-refractivity contribution in [2.75, 3.05) is 5.32 Å². The number of pyridine rings is 1. The molecule has 6 nitrogen and oxygen atoms in total. The van der Waals surface area contributed by atoms with Crippen molar-refractivity contribution in [2.45, 2.75) is 31.2 Å². The molecule has 0 saturated heterocycles. The molecule has 4 rings (SSSR count). The van der Waals surface area contributed by atoms with Gasteiger partial charge in [0.1, 0.15) is 5.82 Å². The largest absolute Gasteiger partial charge is 0.410 e. The van der Waals surface area contributed by atoms with E-state index in [0.29, 0.717) is 10.6 Å². The van der Waals surface area contributed by atoms with E-state index < -0.39 is 24.2 Å². The van der Waals surface area contributed by atoms with Gasteiger partial charge in [-0.1, -0.05) is 29.8 Å². The van der Waals surface area contributed by atoms with Crippen LogP contribution in [0.25, 0.3) is 0 Å². The van der Waals surface area contributed by atoms with Gasteiger partial charge in [-0.25, -0.2) is 4.68 Å². The monoisotopic (exact) mass is 435 g/mol. The molecular formula is C20H17ClF3N5O. The second kappa shape index (κ2) is 7.98. The van der Waals surface area contributed by atoms with Crippen LogP contribution in [0, 0.1) is 0 Å². The standard InChI is InChI=1S/C20H17ClF3N5O/c21-14-5-3-13(4-6-14)15-8-17(20(22,23)24)29-18(27-15)9-16(28-29)19(30)26-11-12-2-1-7-25-10-12/h1-7,9-10,15,17,27H,8,11H2,(H,26,30)/t15-,17+/m1/s1. The van der Waals surface area contributed by atoms with Gasteiger partial charge in [0.25, 0.3) is 5.91 Å². The molecule has 3 aromatic rings. The predicted octanol–water partition coefficient (Wildman–Crippen LogP) is 4.52. The minimum atomic E-state index is -4.52. The minimum absolute atomic E-state index is 0.0904. The highest BCUT2D eigenvalue weighted by Crippen LogP contribution is 2.43. The number of anilines is 1. The zero-order valence-corrected chi connectivity index (χ0v) is 16.3. The number of benzene rings is 1. The number of aromatic nitrogens is 3. The molecule has 1 aliphatic rings. The Kier molecular flexibility index (Phi) is 5.38. The highest BCUT2D eigenvalue weighted by Gasteiger charge is 2.46. The first-order valence-corrected chi connectivity index (χ1v) is 9.54. The van der Waals surface area contributed by atoms with Crippen molar-refractivity contribution >= 4 is 23.3 Å². The summed E-state index contributed by atoms with van der Waals surface area (Å²) in [5, 5.41) is 10.1. The maximum absolute atomic E-state index is 13.7. The molecule has 0 aliphatic carbocycles. The lowest BCUT2D eigenvalue weighted by molar-refractivity contribution is -0.173. The van der Waals surface area contributed by atoms with Gasteiger partial charge in [-0.05, 0) is 29.3 Å². The summed E-state index contributed by atoms with van der Waals surface area (Å²) in [6.07, 6.45) is -1.57. The fourth-order valence-corrected chi connectivity index (χ4v) is 3.50. The van der Waals surface area contributed by atoms with Crippen LogP contribution in [0.15, 0.2) is 54.9 Å². The first kappa shape index (κ1) is 20.2. The quantitative estimate of drug-likeness (QED) is 0.632. The Balaban J connectivity index is 1.58. The van der Waals surface area contributed by atoms with Gasteiger partial charge in [0.2, 0.25) is 0 Å². The summed E-state index contributed by atoms with van der Waals surface area (Å²) in [5.41, 5.74) is 1.35. The van der Waals surface area contributed by atoms with Crippen LogP contribution < -0.4 is 10.6 Å². The van der Waals surface area contributed by atoms with E-state index in [1.165, 1.54) is 6.07 Å². The number of carbonyl (C=O) groups excluding carboxylic acids is 1. The van der Waals surface area contributed by atoms with E-state index in [9.17, 15) is 18.0 Å². The Morgan fingerprint density at radius 1 is 1.27 bits per heavy atom. The zero-order valence-electron chi connectivity index (χ0n) is 15.5. The normalized spacial score (nSPS) is 18.4. The van der Waals surface area contributed by atoms with Gasteiger partial charge in [-0.15, -0.1) is 0 Å². The highest BCUT2D eigenvalue weighted by molar-refractivity contribution is 6.30. The summed E-state index contributed by atoms with van der Waals surface area (Å²) in [7, 11) is 0. The smallest absolute Gasteiger partial charge is 0.363 e. The fraction of sp³-hybridized carbons (Fsp3) is 0.250. The Hall–Kier alpha value is -3.07. The summed E-state index contributed by atoms with van der Waals surface area (Å²) in [6.45, 7) is 0.193. The van der Waals surface area contributed by atoms with Crippen LogP contribution in [-0.2, 0) is 6.54 Å². The third-order valence-electron chi connectivity index (χ3n) is 4.87. The second-order valence-electron chi connectivity index (χ2n) is 6.94. The molecule has 156 valence electrons. The third kappa shape index (κ3) is 4.25. The van der Waals surface area contributed by atoms with Crippen LogP contribution in [0.4, 0.5) is 19.0 Å². The molecule has 0 radical (unpaired) electrons. The Morgan fingerprint density at radius 2 is 2.03 bits per heavy atom. The third-order valence-corrected chi connectivity index (χ3v) is 5.12. The topological polar surface area (TPSA) is 71.8 Å². The molecule has 1 amide bonds. The summed E-state index contributed by atoms with van der Waals surface area (Å²) in [6, 6.07) is 9.02. The van der Waals surface area contributed by atoms with E-state index in [1.54, 1.807) is 48.8 Å². The maximum atomic E-state index is 13.7. The van der Waals surface area contributed by atoms with E-state index in [2.05, 4.69) is 20.7 Å². The number of carbonyl (C=O) groups is 1. The minimum Gasteiger partial charge on any atom is -0.363 e. The average Bonchev–Trinajstić information content (AvgIpc) is 3.16. The molecule has 1 aromatic carbocycles. The summed E-state index contributed by atoms with van der Waals surface area (Å²) < 4.78 is 42.0. The van der Waals surface area contributed by atoms with Crippen molar-refractivity contribution in [3.05, 3.63) is 76.7 Å². The number of nitrogens with one attached hydrogen (secondary N) is 2. The van der Waals surface area contributed by atoms with Gasteiger partial charge < -0.3 is 10.6 Å². The molecule has 2 aromatic heterocycles. The van der Waals surface area contributed by atoms with Gasteiger partial charge in [-0.2, -0.15) is 18.3 Å². The van der Waals surface area contributed by atoms with Crippen LogP contribution in [0.1, 0.15) is 40.1 Å². The predicted molar refractivity (Wildman–Crippen MR) is 105 cm³/mol. The summed E-state index contributed by atoms with van der Waals surface area (Å²) >= 11 is 5.88. The number of fused-ring (bicyclic) bond motifs is 1. The number of halogens is 4. The van der Waals surface area contributed by atoms with E-state index in [0.717, 1.165) is 10.2 Å². The van der Waals surface area contributed by atoms with Crippen LogP contribution in [0.5, 0.6) is 0 Å². The van der Waals surface area contributed by atoms with Gasteiger partial charge >= 0.3 is 6.18 Å². The molecule has 0 saturated carbocycles. The number of rotatable bonds is 4. The Labute approximate surface area is 175 Å². The molecule has 2 N–H and O–H groups in total. The van der Waals surface area contributed by atoms with Crippen molar-refractivity contribution in [1.29, 1.82) is 0 Å². The lowest BCUT2D eigenvalue weighted by Crippen LogP contribution is -2.35. The van der Waals surface area contributed by atoms with Crippen molar-refractivity contribution < 1.29 is 18.0 Å². The van der Waals surface area contributed by atoms with Crippen molar-refractivity contribution in [3.8, 4) is 0 Å². The van der Waals surface area contributed by atoms with Crippen molar-refractivity contribution in [1.82, 2.24) is 20.1 Å². The lowest BCUT2D eigenvalue weighted by atomic mass is 9.97. The molecule has 0 unspecified atom stereocenters. The first-order valence-electron chi connectivity index (χ1n) is 9.16. The molecular weight excluding hydrogens is 419 g/mol. The highest BCUT2D eigenvalue weighted by atomic mass is 35.5. The van der Waals surface area contributed by atoms with Gasteiger partial charge in [0.15, 0.2) is 11.7 Å². The summed E-state index contributed by atoms with van der Waals surface area (Å²) in [4.78, 5) is 16.4. The van der Waals surface area contributed by atoms with E-state index >= 15 is 0 Å². The second-order valence-corrected chi connectivity index (χ2v) is 7.38. The van der Waals surface area contributed by atoms with Crippen LogP contribution in [-0.4, -0.2) is 26.8 Å². The lowest BCUT2D eigenvalue weighted by Gasteiger charge is -2.33. The van der Waals surface area contributed by atoms with E-state index in [4.69, 9.17) is 11.6 Å². The SMILES string of the molecule is O=C(NCc1cccnc1)c1cc2n(n1)[C@H](C(F)(F)F)C[C@H](c1ccc(Cl)cc1)N2. The molecule has 2 atom stereocenters. The first-order chi connectivity index (χ1) is 14.3. The van der Waals surface area contributed by atoms with E-state index in [-0.39, 0.29) is 24.5 Å². The average molecular weight is 436 g/mol. The van der Waals surface area contributed by atoms with Crippen LogP contribution in [0.3, 0.4) is 0 Å². The van der Waals surface area contributed by atoms with Crippen molar-refractivity contribution in [2.24, 2.45) is 0 Å². The fourth-order valence-electron chi connectivity index (χ4n) is 3.37. The molecule has 30 heavy (non-hydrogen) atoms. The number of alkyl halides is 3. The van der Waals surface area contributed by atoms with E-state index in [1.807, 2.05) is 0 Å². The molecule has 0 spiro atoms. The van der Waals surface area contributed by atoms with Crippen LogP contribution >= 0.6 is 11.6 Å². The molecule has 3 heterocycles. The number of hydrogen-bond donors (Lipinski definition) is 2. The van der Waals surface area contributed by atoms with Crippen LogP contribution in [0.2, 0.25) is 5.02 Å². The van der Waals surface area contributed by atoms with Gasteiger partial charge in [0, 0.05) is 36.4 Å². The molecule has 1 aliphatic heterocycles. The van der Waals surface area contributed by atoms with Gasteiger partial charge in [-0.3, -0.25) is 9.78 Å². The molecule has 10 heteroatoms. The molecule has 0 bridgehead atoms. The number of hydrogen-bond acceptors (Lipinski definition) is 4. The molecule has 0 fully saturated rings. The summed E-state index contributed by atoms with van der Waals surface area (Å²) in [5.74, 6) is -0.429. The Morgan fingerprint density at radius 3 is 2.70 bits per heavy atom.